The molecule has 5 nitrogen and oxygen atoms in total. The third-order valence-corrected chi connectivity index (χ3v) is 2.70. The Morgan fingerprint density at radius 1 is 1.85 bits per heavy atom. The summed E-state index contributed by atoms with van der Waals surface area (Å²) >= 11 is 0. The molecule has 1 saturated heterocycles. The van der Waals surface area contributed by atoms with Crippen LogP contribution in [-0.4, -0.2) is 23.4 Å². The van der Waals surface area contributed by atoms with Crippen molar-refractivity contribution >= 4 is 11.7 Å². The number of hydrogen-bond donors (Lipinski definition) is 2. The van der Waals surface area contributed by atoms with E-state index < -0.39 is 6.03 Å². The Bertz CT molecular complexity index is 277. The number of amides is 2. The normalized spacial score (nSPS) is 39.8. The monoisotopic (exact) mass is 183 g/mol. The van der Waals surface area contributed by atoms with Crippen LogP contribution in [0.2, 0.25) is 0 Å². The number of epoxide rings is 1. The van der Waals surface area contributed by atoms with Crippen molar-refractivity contribution in [3.63, 3.8) is 0 Å². The maximum Gasteiger partial charge on any atom is 0.332 e. The molecule has 2 fully saturated rings. The lowest BCUT2D eigenvalue weighted by atomic mass is 9.89. The van der Waals surface area contributed by atoms with Crippen LogP contribution < -0.4 is 11.2 Å². The Balaban J connectivity index is 2.05. The number of fused-ring (bicyclic) bond motifs is 1. The van der Waals surface area contributed by atoms with Gasteiger partial charge in [-0.05, 0) is 26.2 Å². The van der Waals surface area contributed by atoms with E-state index in [2.05, 4.69) is 10.5 Å². The maximum absolute atomic E-state index is 10.4. The molecule has 0 aromatic carbocycles. The number of nitrogens with one attached hydrogen (secondary N) is 1. The van der Waals surface area contributed by atoms with E-state index in [0.717, 1.165) is 25.0 Å². The summed E-state index contributed by atoms with van der Waals surface area (Å²) in [6.45, 7) is 2.00. The number of urea groups is 1. The zero-order chi connectivity index (χ0) is 9.47. The summed E-state index contributed by atoms with van der Waals surface area (Å²) < 4.78 is 5.49. The molecule has 0 aromatic rings. The van der Waals surface area contributed by atoms with Gasteiger partial charge in [0.1, 0.15) is 5.60 Å². The van der Waals surface area contributed by atoms with Crippen molar-refractivity contribution in [1.29, 1.82) is 0 Å². The molecule has 1 heterocycles. The SMILES string of the molecule is CC12OC1CCC/C2=N\NC(N)=O. The zero-order valence-corrected chi connectivity index (χ0v) is 7.54. The highest BCUT2D eigenvalue weighted by Gasteiger charge is 2.57. The lowest BCUT2D eigenvalue weighted by Crippen LogP contribution is -2.33. The Morgan fingerprint density at radius 2 is 2.62 bits per heavy atom. The molecule has 2 amide bonds. The number of primary amides is 1. The second-order valence-corrected chi connectivity index (χ2v) is 3.64. The summed E-state index contributed by atoms with van der Waals surface area (Å²) in [6, 6.07) is -0.626. The van der Waals surface area contributed by atoms with Crippen molar-refractivity contribution in [3.05, 3.63) is 0 Å². The molecule has 5 heteroatoms. The molecule has 0 aromatic heterocycles. The van der Waals surface area contributed by atoms with Gasteiger partial charge < -0.3 is 10.5 Å². The molecule has 2 aliphatic rings. The molecule has 1 saturated carbocycles. The molecule has 1 aliphatic carbocycles. The van der Waals surface area contributed by atoms with Crippen LogP contribution in [0.4, 0.5) is 4.79 Å². The third kappa shape index (κ3) is 1.39. The molecule has 13 heavy (non-hydrogen) atoms. The standard InChI is InChI=1S/C8H13N3O2/c1-8-5(10-11-7(9)12)3-2-4-6(8)13-8/h6H,2-4H2,1H3,(H3,9,11,12)/b10-5+. The van der Waals surface area contributed by atoms with Crippen molar-refractivity contribution in [3.8, 4) is 0 Å². The van der Waals surface area contributed by atoms with E-state index in [4.69, 9.17) is 10.5 Å². The van der Waals surface area contributed by atoms with Gasteiger partial charge in [0.15, 0.2) is 0 Å². The van der Waals surface area contributed by atoms with E-state index in [0.29, 0.717) is 6.10 Å². The van der Waals surface area contributed by atoms with Crippen LogP contribution in [0.5, 0.6) is 0 Å². The van der Waals surface area contributed by atoms with Crippen molar-refractivity contribution in [1.82, 2.24) is 5.43 Å². The number of rotatable bonds is 1. The topological polar surface area (TPSA) is 80.0 Å². The van der Waals surface area contributed by atoms with Gasteiger partial charge in [-0.2, -0.15) is 5.10 Å². The van der Waals surface area contributed by atoms with Crippen LogP contribution in [0.1, 0.15) is 26.2 Å². The summed E-state index contributed by atoms with van der Waals surface area (Å²) in [4.78, 5) is 10.4. The van der Waals surface area contributed by atoms with Gasteiger partial charge in [-0.1, -0.05) is 0 Å². The number of carbonyl (C=O) groups excluding carboxylic acids is 1. The molecule has 2 atom stereocenters. The number of nitrogens with zero attached hydrogens (tertiary/aromatic N) is 1. The van der Waals surface area contributed by atoms with Gasteiger partial charge in [-0.15, -0.1) is 0 Å². The van der Waals surface area contributed by atoms with E-state index in [1.807, 2.05) is 6.92 Å². The average molecular weight is 183 g/mol. The van der Waals surface area contributed by atoms with Gasteiger partial charge in [0, 0.05) is 0 Å². The first-order valence-electron chi connectivity index (χ1n) is 4.43. The van der Waals surface area contributed by atoms with Gasteiger partial charge in [-0.25, -0.2) is 10.2 Å². The number of ether oxygens (including phenoxy) is 1. The minimum atomic E-state index is -0.626. The largest absolute Gasteiger partial charge is 0.360 e. The highest BCUT2D eigenvalue weighted by Crippen LogP contribution is 2.45. The smallest absolute Gasteiger partial charge is 0.332 e. The first-order chi connectivity index (χ1) is 6.13. The van der Waals surface area contributed by atoms with Crippen molar-refractivity contribution in [2.45, 2.75) is 37.9 Å². The number of carbonyl (C=O) groups is 1. The number of hydrogen-bond acceptors (Lipinski definition) is 3. The van der Waals surface area contributed by atoms with Gasteiger partial charge in [-0.3, -0.25) is 0 Å². The second-order valence-electron chi connectivity index (χ2n) is 3.64. The van der Waals surface area contributed by atoms with Crippen LogP contribution in [0.3, 0.4) is 0 Å². The van der Waals surface area contributed by atoms with Crippen LogP contribution in [0.15, 0.2) is 5.10 Å². The molecule has 2 rings (SSSR count). The minimum Gasteiger partial charge on any atom is -0.360 e. The predicted octanol–water partition coefficient (Wildman–Crippen LogP) is 0.352. The van der Waals surface area contributed by atoms with E-state index in [1.54, 1.807) is 0 Å². The molecule has 0 bridgehead atoms. The average Bonchev–Trinajstić information content (AvgIpc) is 2.72. The molecular formula is C8H13N3O2. The number of hydrazone groups is 1. The highest BCUT2D eigenvalue weighted by atomic mass is 16.6. The van der Waals surface area contributed by atoms with Crippen LogP contribution in [0.25, 0.3) is 0 Å². The van der Waals surface area contributed by atoms with Crippen LogP contribution >= 0.6 is 0 Å². The van der Waals surface area contributed by atoms with Gasteiger partial charge in [0.25, 0.3) is 0 Å². The summed E-state index contributed by atoms with van der Waals surface area (Å²) in [5.41, 5.74) is 7.84. The fraction of sp³-hybridized carbons (Fsp3) is 0.750. The summed E-state index contributed by atoms with van der Waals surface area (Å²) in [6.07, 6.45) is 3.34. The lowest BCUT2D eigenvalue weighted by Gasteiger charge is -2.14. The maximum atomic E-state index is 10.4. The Labute approximate surface area is 76.3 Å². The predicted molar refractivity (Wildman–Crippen MR) is 47.3 cm³/mol. The Hall–Kier alpha value is -1.10. The first-order valence-corrected chi connectivity index (χ1v) is 4.43. The summed E-state index contributed by atoms with van der Waals surface area (Å²) in [7, 11) is 0. The molecule has 3 N–H and O–H groups in total. The molecule has 2 unspecified atom stereocenters. The summed E-state index contributed by atoms with van der Waals surface area (Å²) in [5.74, 6) is 0. The molecular weight excluding hydrogens is 170 g/mol. The van der Waals surface area contributed by atoms with Crippen LogP contribution in [-0.2, 0) is 4.74 Å². The van der Waals surface area contributed by atoms with Crippen molar-refractivity contribution in [2.24, 2.45) is 10.8 Å². The third-order valence-electron chi connectivity index (χ3n) is 2.70. The first kappa shape index (κ1) is 8.50. The fourth-order valence-electron chi connectivity index (χ4n) is 1.84. The Morgan fingerprint density at radius 3 is 3.31 bits per heavy atom. The zero-order valence-electron chi connectivity index (χ0n) is 7.54. The molecule has 0 spiro atoms. The van der Waals surface area contributed by atoms with Gasteiger partial charge in [0.05, 0.1) is 11.8 Å². The van der Waals surface area contributed by atoms with Gasteiger partial charge >= 0.3 is 6.03 Å². The molecule has 0 radical (unpaired) electrons. The molecule has 1 aliphatic heterocycles. The second kappa shape index (κ2) is 2.70. The minimum absolute atomic E-state index is 0.222. The van der Waals surface area contributed by atoms with E-state index in [1.165, 1.54) is 0 Å². The number of nitrogens with two attached hydrogens (primary N) is 1. The van der Waals surface area contributed by atoms with E-state index >= 15 is 0 Å². The van der Waals surface area contributed by atoms with E-state index in [-0.39, 0.29) is 5.60 Å². The van der Waals surface area contributed by atoms with Crippen LogP contribution in [0, 0.1) is 0 Å². The van der Waals surface area contributed by atoms with Crippen molar-refractivity contribution < 1.29 is 9.53 Å². The summed E-state index contributed by atoms with van der Waals surface area (Å²) in [5, 5.41) is 3.94. The highest BCUT2D eigenvalue weighted by molar-refractivity contribution is 5.96. The molecule has 72 valence electrons. The Kier molecular flexibility index (Phi) is 1.76. The van der Waals surface area contributed by atoms with Gasteiger partial charge in [0.2, 0.25) is 0 Å². The van der Waals surface area contributed by atoms with Crippen molar-refractivity contribution in [2.75, 3.05) is 0 Å². The quantitative estimate of drug-likeness (QED) is 0.454. The lowest BCUT2D eigenvalue weighted by molar-refractivity contribution is 0.249. The van der Waals surface area contributed by atoms with E-state index in [9.17, 15) is 4.79 Å². The fourth-order valence-corrected chi connectivity index (χ4v) is 1.84.